The average molecular weight is 286 g/mol. The zero-order chi connectivity index (χ0) is 11.0. The van der Waals surface area contributed by atoms with Gasteiger partial charge in [0.1, 0.15) is 5.15 Å². The van der Waals surface area contributed by atoms with Gasteiger partial charge in [0.15, 0.2) is 0 Å². The van der Waals surface area contributed by atoms with Crippen LogP contribution in [0, 0.1) is 0 Å². The van der Waals surface area contributed by atoms with Gasteiger partial charge in [-0.1, -0.05) is 27.5 Å². The zero-order valence-corrected chi connectivity index (χ0v) is 10.8. The zero-order valence-electron chi connectivity index (χ0n) is 8.46. The third kappa shape index (κ3) is 1.94. The number of anilines is 1. The number of pyridine rings is 1. The van der Waals surface area contributed by atoms with E-state index in [0.29, 0.717) is 5.15 Å². The van der Waals surface area contributed by atoms with E-state index in [9.17, 15) is 0 Å². The van der Waals surface area contributed by atoms with Crippen molar-refractivity contribution in [3.63, 3.8) is 0 Å². The van der Waals surface area contributed by atoms with Crippen LogP contribution in [0.2, 0.25) is 5.15 Å². The van der Waals surface area contributed by atoms with Crippen LogP contribution in [-0.4, -0.2) is 19.1 Å². The molecular formula is C11H10BrClN2. The minimum Gasteiger partial charge on any atom is -0.377 e. The first-order valence-corrected chi connectivity index (χ1v) is 5.68. The van der Waals surface area contributed by atoms with Crippen LogP contribution < -0.4 is 4.90 Å². The van der Waals surface area contributed by atoms with Crippen molar-refractivity contribution < 1.29 is 0 Å². The van der Waals surface area contributed by atoms with Gasteiger partial charge in [-0.15, -0.1) is 0 Å². The third-order valence-corrected chi connectivity index (χ3v) is 3.17. The van der Waals surface area contributed by atoms with Gasteiger partial charge in [-0.2, -0.15) is 0 Å². The van der Waals surface area contributed by atoms with Gasteiger partial charge in [0, 0.05) is 41.2 Å². The number of aromatic nitrogens is 1. The molecule has 2 nitrogen and oxygen atoms in total. The van der Waals surface area contributed by atoms with Gasteiger partial charge >= 0.3 is 0 Å². The topological polar surface area (TPSA) is 16.1 Å². The predicted octanol–water partition coefficient (Wildman–Crippen LogP) is 3.72. The van der Waals surface area contributed by atoms with Gasteiger partial charge in [-0.25, -0.2) is 4.98 Å². The van der Waals surface area contributed by atoms with E-state index in [1.807, 2.05) is 26.2 Å². The second kappa shape index (κ2) is 3.99. The van der Waals surface area contributed by atoms with Crippen molar-refractivity contribution in [1.82, 2.24) is 4.98 Å². The maximum absolute atomic E-state index is 5.88. The van der Waals surface area contributed by atoms with E-state index < -0.39 is 0 Å². The summed E-state index contributed by atoms with van der Waals surface area (Å²) in [6.45, 7) is 0. The van der Waals surface area contributed by atoms with Crippen LogP contribution in [0.3, 0.4) is 0 Å². The highest BCUT2D eigenvalue weighted by molar-refractivity contribution is 9.10. The monoisotopic (exact) mass is 284 g/mol. The number of rotatable bonds is 1. The SMILES string of the molecule is CN(C)c1ccc(Br)c2cc(Cl)ncc12. The van der Waals surface area contributed by atoms with Crippen LogP contribution in [0.1, 0.15) is 0 Å². The number of halogens is 2. The van der Waals surface area contributed by atoms with Gasteiger partial charge in [-0.3, -0.25) is 0 Å². The van der Waals surface area contributed by atoms with E-state index in [1.165, 1.54) is 0 Å². The van der Waals surface area contributed by atoms with E-state index in [4.69, 9.17) is 11.6 Å². The Morgan fingerprint density at radius 3 is 2.67 bits per heavy atom. The normalized spacial score (nSPS) is 10.7. The summed E-state index contributed by atoms with van der Waals surface area (Å²) in [6, 6.07) is 5.95. The summed E-state index contributed by atoms with van der Waals surface area (Å²) in [4.78, 5) is 6.17. The van der Waals surface area contributed by atoms with Gasteiger partial charge in [0.2, 0.25) is 0 Å². The largest absolute Gasteiger partial charge is 0.377 e. The van der Waals surface area contributed by atoms with Crippen molar-refractivity contribution in [2.75, 3.05) is 19.0 Å². The number of nitrogens with zero attached hydrogens (tertiary/aromatic N) is 2. The van der Waals surface area contributed by atoms with Gasteiger partial charge in [0.25, 0.3) is 0 Å². The molecule has 0 spiro atoms. The summed E-state index contributed by atoms with van der Waals surface area (Å²) in [5, 5.41) is 2.69. The first kappa shape index (κ1) is 10.7. The Morgan fingerprint density at radius 1 is 1.27 bits per heavy atom. The minimum atomic E-state index is 0.513. The number of hydrogen-bond donors (Lipinski definition) is 0. The highest BCUT2D eigenvalue weighted by Crippen LogP contribution is 2.32. The highest BCUT2D eigenvalue weighted by atomic mass is 79.9. The predicted molar refractivity (Wildman–Crippen MR) is 68.8 cm³/mol. The molecule has 78 valence electrons. The fourth-order valence-corrected chi connectivity index (χ4v) is 2.17. The molecule has 0 bridgehead atoms. The summed E-state index contributed by atoms with van der Waals surface area (Å²) in [5.74, 6) is 0. The Balaban J connectivity index is 2.82. The maximum Gasteiger partial charge on any atom is 0.129 e. The lowest BCUT2D eigenvalue weighted by Gasteiger charge is -2.15. The molecule has 0 aliphatic heterocycles. The summed E-state index contributed by atoms with van der Waals surface area (Å²) >= 11 is 9.39. The molecule has 0 fully saturated rings. The van der Waals surface area contributed by atoms with Crippen molar-refractivity contribution in [2.45, 2.75) is 0 Å². The lowest BCUT2D eigenvalue weighted by Crippen LogP contribution is -2.09. The molecule has 0 atom stereocenters. The fraction of sp³-hybridized carbons (Fsp3) is 0.182. The Bertz CT molecular complexity index is 511. The molecule has 2 aromatic rings. The van der Waals surface area contributed by atoms with Crippen LogP contribution in [0.5, 0.6) is 0 Å². The van der Waals surface area contributed by atoms with Crippen molar-refractivity contribution in [1.29, 1.82) is 0 Å². The van der Waals surface area contributed by atoms with Crippen molar-refractivity contribution in [3.8, 4) is 0 Å². The first-order valence-electron chi connectivity index (χ1n) is 4.50. The Kier molecular flexibility index (Phi) is 2.85. The first-order chi connectivity index (χ1) is 7.09. The Morgan fingerprint density at radius 2 is 2.00 bits per heavy atom. The third-order valence-electron chi connectivity index (χ3n) is 2.27. The fourth-order valence-electron chi connectivity index (χ4n) is 1.55. The molecule has 1 aromatic carbocycles. The molecule has 15 heavy (non-hydrogen) atoms. The molecule has 0 N–H and O–H groups in total. The van der Waals surface area contributed by atoms with E-state index >= 15 is 0 Å². The Hall–Kier alpha value is -0.800. The molecule has 0 radical (unpaired) electrons. The van der Waals surface area contributed by atoms with Gasteiger partial charge < -0.3 is 4.90 Å². The Labute approximate surface area is 102 Å². The molecular weight excluding hydrogens is 275 g/mol. The van der Waals surface area contributed by atoms with Crippen molar-refractivity contribution in [2.24, 2.45) is 0 Å². The smallest absolute Gasteiger partial charge is 0.129 e. The van der Waals surface area contributed by atoms with E-state index in [1.54, 1.807) is 6.20 Å². The molecule has 2 rings (SSSR count). The molecule has 1 aromatic heterocycles. The van der Waals surface area contributed by atoms with Crippen LogP contribution in [0.15, 0.2) is 28.9 Å². The van der Waals surface area contributed by atoms with Crippen LogP contribution >= 0.6 is 27.5 Å². The summed E-state index contributed by atoms with van der Waals surface area (Å²) in [5.41, 5.74) is 1.14. The molecule has 0 aliphatic rings. The second-order valence-electron chi connectivity index (χ2n) is 3.51. The lowest BCUT2D eigenvalue weighted by molar-refractivity contribution is 1.14. The van der Waals surface area contributed by atoms with Gasteiger partial charge in [0.05, 0.1) is 0 Å². The van der Waals surface area contributed by atoms with E-state index in [2.05, 4.69) is 31.9 Å². The summed E-state index contributed by atoms with van der Waals surface area (Å²) in [6.07, 6.45) is 1.80. The molecule has 0 amide bonds. The summed E-state index contributed by atoms with van der Waals surface area (Å²) < 4.78 is 1.03. The molecule has 0 aliphatic carbocycles. The van der Waals surface area contributed by atoms with E-state index in [-0.39, 0.29) is 0 Å². The van der Waals surface area contributed by atoms with E-state index in [0.717, 1.165) is 20.9 Å². The van der Waals surface area contributed by atoms with Crippen LogP contribution in [-0.2, 0) is 0 Å². The van der Waals surface area contributed by atoms with Crippen molar-refractivity contribution in [3.05, 3.63) is 34.0 Å². The molecule has 4 heteroatoms. The lowest BCUT2D eigenvalue weighted by atomic mass is 10.1. The van der Waals surface area contributed by atoms with Gasteiger partial charge in [-0.05, 0) is 18.2 Å². The molecule has 0 saturated heterocycles. The van der Waals surface area contributed by atoms with Crippen LogP contribution in [0.25, 0.3) is 10.8 Å². The molecule has 1 heterocycles. The number of fused-ring (bicyclic) bond motifs is 1. The highest BCUT2D eigenvalue weighted by Gasteiger charge is 2.06. The summed E-state index contributed by atoms with van der Waals surface area (Å²) in [7, 11) is 4.02. The average Bonchev–Trinajstić information content (AvgIpc) is 2.19. The standard InChI is InChI=1S/C11H10BrClN2/c1-15(2)10-4-3-9(12)7-5-11(13)14-6-8(7)10/h3-6H,1-2H3. The second-order valence-corrected chi connectivity index (χ2v) is 4.76. The quantitative estimate of drug-likeness (QED) is 0.743. The maximum atomic E-state index is 5.88. The molecule has 0 unspecified atom stereocenters. The number of benzene rings is 1. The number of hydrogen-bond acceptors (Lipinski definition) is 2. The molecule has 0 saturated carbocycles. The van der Waals surface area contributed by atoms with Crippen LogP contribution in [0.4, 0.5) is 5.69 Å². The van der Waals surface area contributed by atoms with Crippen molar-refractivity contribution >= 4 is 44.0 Å². The minimum absolute atomic E-state index is 0.513.